The third-order valence-corrected chi connectivity index (χ3v) is 4.14. The molecule has 2 amide bonds. The third-order valence-electron chi connectivity index (χ3n) is 4.14. The number of benzene rings is 2. The van der Waals surface area contributed by atoms with Crippen LogP contribution in [0.4, 0.5) is 0 Å². The molecule has 0 saturated heterocycles. The molecule has 0 aliphatic carbocycles. The smallest absolute Gasteiger partial charge is 0.258 e. The molecule has 26 heavy (non-hydrogen) atoms. The second-order valence-electron chi connectivity index (χ2n) is 6.52. The molecular weight excluding hydrogens is 328 g/mol. The van der Waals surface area contributed by atoms with E-state index in [0.29, 0.717) is 12.3 Å². The SMILES string of the molecule is Cc1ccc(CN(C)C(=O)[C@@H](C)NC(=O)COc2ccccc2)c(C)c1. The number of nitrogens with one attached hydrogen (secondary N) is 1. The molecule has 1 atom stereocenters. The number of carbonyl (C=O) groups excluding carboxylic acids is 2. The van der Waals surface area contributed by atoms with Crippen molar-refractivity contribution in [2.24, 2.45) is 0 Å². The van der Waals surface area contributed by atoms with Gasteiger partial charge < -0.3 is 15.0 Å². The highest BCUT2D eigenvalue weighted by molar-refractivity contribution is 5.87. The number of para-hydroxylation sites is 1. The first-order chi connectivity index (χ1) is 12.4. The monoisotopic (exact) mass is 354 g/mol. The van der Waals surface area contributed by atoms with Gasteiger partial charge in [0.05, 0.1) is 0 Å². The Kier molecular flexibility index (Phi) is 6.78. The zero-order valence-corrected chi connectivity index (χ0v) is 15.8. The summed E-state index contributed by atoms with van der Waals surface area (Å²) < 4.78 is 5.39. The predicted octanol–water partition coefficient (Wildman–Crippen LogP) is 2.85. The van der Waals surface area contributed by atoms with Crippen LogP contribution in [0.25, 0.3) is 0 Å². The van der Waals surface area contributed by atoms with Crippen LogP contribution in [0, 0.1) is 13.8 Å². The number of carbonyl (C=O) groups is 2. The first-order valence-electron chi connectivity index (χ1n) is 8.65. The van der Waals surface area contributed by atoms with Crippen LogP contribution in [0.2, 0.25) is 0 Å². The molecule has 0 spiro atoms. The van der Waals surface area contributed by atoms with E-state index in [-0.39, 0.29) is 18.4 Å². The lowest BCUT2D eigenvalue weighted by Crippen LogP contribution is -2.46. The summed E-state index contributed by atoms with van der Waals surface area (Å²) in [5.74, 6) is 0.154. The van der Waals surface area contributed by atoms with E-state index in [4.69, 9.17) is 4.74 Å². The molecule has 0 fully saturated rings. The maximum absolute atomic E-state index is 12.5. The van der Waals surface area contributed by atoms with Crippen LogP contribution in [0.1, 0.15) is 23.6 Å². The molecule has 0 heterocycles. The van der Waals surface area contributed by atoms with E-state index in [0.717, 1.165) is 11.1 Å². The van der Waals surface area contributed by atoms with Gasteiger partial charge in [0.1, 0.15) is 11.8 Å². The molecule has 138 valence electrons. The lowest BCUT2D eigenvalue weighted by molar-refractivity contribution is -0.135. The molecule has 2 aromatic carbocycles. The average molecular weight is 354 g/mol. The van der Waals surface area contributed by atoms with Crippen LogP contribution in [-0.2, 0) is 16.1 Å². The van der Waals surface area contributed by atoms with E-state index in [1.807, 2.05) is 44.2 Å². The van der Waals surface area contributed by atoms with Gasteiger partial charge in [0.15, 0.2) is 6.61 Å². The van der Waals surface area contributed by atoms with Gasteiger partial charge in [-0.25, -0.2) is 0 Å². The molecule has 0 aromatic heterocycles. The summed E-state index contributed by atoms with van der Waals surface area (Å²) in [5.41, 5.74) is 3.44. The van der Waals surface area contributed by atoms with Crippen LogP contribution in [0.5, 0.6) is 5.75 Å². The Morgan fingerprint density at radius 2 is 1.81 bits per heavy atom. The standard InChI is InChI=1S/C21H26N2O3/c1-15-10-11-18(16(2)12-15)13-23(4)21(25)17(3)22-20(24)14-26-19-8-6-5-7-9-19/h5-12,17H,13-14H2,1-4H3,(H,22,24)/t17-/m1/s1. The Morgan fingerprint density at radius 1 is 1.12 bits per heavy atom. The number of nitrogens with zero attached hydrogens (tertiary/aromatic N) is 1. The minimum Gasteiger partial charge on any atom is -0.484 e. The highest BCUT2D eigenvalue weighted by atomic mass is 16.5. The van der Waals surface area contributed by atoms with E-state index in [2.05, 4.69) is 11.4 Å². The predicted molar refractivity (Wildman–Crippen MR) is 102 cm³/mol. The molecule has 0 bridgehead atoms. The molecule has 2 aromatic rings. The zero-order chi connectivity index (χ0) is 19.1. The molecule has 0 aliphatic rings. The van der Waals surface area contributed by atoms with Crippen molar-refractivity contribution in [2.45, 2.75) is 33.4 Å². The first kappa shape index (κ1) is 19.5. The van der Waals surface area contributed by atoms with Gasteiger partial charge >= 0.3 is 0 Å². The lowest BCUT2D eigenvalue weighted by Gasteiger charge is -2.23. The molecule has 0 unspecified atom stereocenters. The number of hydrogen-bond donors (Lipinski definition) is 1. The number of likely N-dealkylation sites (N-methyl/N-ethyl adjacent to an activating group) is 1. The molecule has 1 N–H and O–H groups in total. The summed E-state index contributed by atoms with van der Waals surface area (Å²) in [6.45, 7) is 6.14. The molecule has 0 aliphatic heterocycles. The number of amides is 2. The Hall–Kier alpha value is -2.82. The Balaban J connectivity index is 1.84. The van der Waals surface area contributed by atoms with Crippen molar-refractivity contribution in [3.8, 4) is 5.75 Å². The van der Waals surface area contributed by atoms with Crippen LogP contribution >= 0.6 is 0 Å². The van der Waals surface area contributed by atoms with E-state index in [1.54, 1.807) is 31.0 Å². The maximum atomic E-state index is 12.5. The van der Waals surface area contributed by atoms with Gasteiger partial charge in [-0.2, -0.15) is 0 Å². The second-order valence-corrected chi connectivity index (χ2v) is 6.52. The summed E-state index contributed by atoms with van der Waals surface area (Å²) in [7, 11) is 1.74. The number of ether oxygens (including phenoxy) is 1. The fourth-order valence-corrected chi connectivity index (χ4v) is 2.70. The van der Waals surface area contributed by atoms with Crippen molar-refractivity contribution in [1.82, 2.24) is 10.2 Å². The van der Waals surface area contributed by atoms with Gasteiger partial charge in [0, 0.05) is 13.6 Å². The second kappa shape index (κ2) is 9.04. The number of hydrogen-bond acceptors (Lipinski definition) is 3. The van der Waals surface area contributed by atoms with Gasteiger partial charge in [-0.3, -0.25) is 9.59 Å². The van der Waals surface area contributed by atoms with E-state index < -0.39 is 6.04 Å². The van der Waals surface area contributed by atoms with Crippen molar-refractivity contribution in [1.29, 1.82) is 0 Å². The van der Waals surface area contributed by atoms with E-state index >= 15 is 0 Å². The van der Waals surface area contributed by atoms with Gasteiger partial charge in [0.2, 0.25) is 5.91 Å². The van der Waals surface area contributed by atoms with Crippen molar-refractivity contribution < 1.29 is 14.3 Å². The number of rotatable bonds is 7. The van der Waals surface area contributed by atoms with E-state index in [9.17, 15) is 9.59 Å². The molecule has 5 nitrogen and oxygen atoms in total. The number of aryl methyl sites for hydroxylation is 2. The van der Waals surface area contributed by atoms with Gasteiger partial charge in [-0.15, -0.1) is 0 Å². The van der Waals surface area contributed by atoms with Gasteiger partial charge in [-0.1, -0.05) is 42.0 Å². The van der Waals surface area contributed by atoms with Crippen LogP contribution < -0.4 is 10.1 Å². The molecule has 0 saturated carbocycles. The summed E-state index contributed by atoms with van der Waals surface area (Å²) in [6.07, 6.45) is 0. The average Bonchev–Trinajstić information content (AvgIpc) is 2.62. The Bertz CT molecular complexity index is 759. The summed E-state index contributed by atoms with van der Waals surface area (Å²) in [5, 5.41) is 2.69. The third kappa shape index (κ3) is 5.62. The largest absolute Gasteiger partial charge is 0.484 e. The highest BCUT2D eigenvalue weighted by Crippen LogP contribution is 2.13. The summed E-state index contributed by atoms with van der Waals surface area (Å²) in [4.78, 5) is 26.1. The van der Waals surface area contributed by atoms with Crippen LogP contribution in [0.15, 0.2) is 48.5 Å². The van der Waals surface area contributed by atoms with Gasteiger partial charge in [0.25, 0.3) is 5.91 Å². The highest BCUT2D eigenvalue weighted by Gasteiger charge is 2.20. The van der Waals surface area contributed by atoms with Crippen LogP contribution in [0.3, 0.4) is 0 Å². The van der Waals surface area contributed by atoms with Crippen molar-refractivity contribution in [3.63, 3.8) is 0 Å². The maximum Gasteiger partial charge on any atom is 0.258 e. The van der Waals surface area contributed by atoms with Crippen molar-refractivity contribution in [3.05, 3.63) is 65.2 Å². The minimum absolute atomic E-state index is 0.123. The van der Waals surface area contributed by atoms with Crippen molar-refractivity contribution in [2.75, 3.05) is 13.7 Å². The fraction of sp³-hybridized carbons (Fsp3) is 0.333. The fourth-order valence-electron chi connectivity index (χ4n) is 2.70. The summed E-state index contributed by atoms with van der Waals surface area (Å²) >= 11 is 0. The Morgan fingerprint density at radius 3 is 2.46 bits per heavy atom. The lowest BCUT2D eigenvalue weighted by atomic mass is 10.1. The van der Waals surface area contributed by atoms with E-state index in [1.165, 1.54) is 5.56 Å². The topological polar surface area (TPSA) is 58.6 Å². The molecular formula is C21H26N2O3. The molecule has 0 radical (unpaired) electrons. The normalized spacial score (nSPS) is 11.5. The minimum atomic E-state index is -0.613. The Labute approximate surface area is 155 Å². The first-order valence-corrected chi connectivity index (χ1v) is 8.65. The zero-order valence-electron chi connectivity index (χ0n) is 15.8. The quantitative estimate of drug-likeness (QED) is 0.832. The summed E-state index contributed by atoms with van der Waals surface area (Å²) in [6, 6.07) is 14.6. The van der Waals surface area contributed by atoms with Gasteiger partial charge in [-0.05, 0) is 44.0 Å². The van der Waals surface area contributed by atoms with Crippen molar-refractivity contribution >= 4 is 11.8 Å². The molecule has 5 heteroatoms. The molecule has 2 rings (SSSR count). The van der Waals surface area contributed by atoms with Crippen LogP contribution in [-0.4, -0.2) is 36.4 Å².